The third-order valence-corrected chi connectivity index (χ3v) is 3.44. The number of amides is 1. The molecule has 9 nitrogen and oxygen atoms in total. The fraction of sp³-hybridized carbons (Fsp3) is 0.300. The molecule has 0 atom stereocenters. The third kappa shape index (κ3) is 2.54. The molecule has 10 heteroatoms. The number of nitro groups is 1. The summed E-state index contributed by atoms with van der Waals surface area (Å²) in [7, 11) is 3.30. The van der Waals surface area contributed by atoms with Crippen LogP contribution >= 0.6 is 15.9 Å². The highest BCUT2D eigenvalue weighted by atomic mass is 79.9. The van der Waals surface area contributed by atoms with Crippen molar-refractivity contribution in [2.45, 2.75) is 6.54 Å². The monoisotopic (exact) mass is 342 g/mol. The molecular weight excluding hydrogens is 332 g/mol. The summed E-state index contributed by atoms with van der Waals surface area (Å²) in [6.07, 6.45) is 2.63. The third-order valence-electron chi connectivity index (χ3n) is 2.77. The Morgan fingerprint density at radius 2 is 2.30 bits per heavy atom. The Bertz CT molecular complexity index is 644. The number of nitrogens with one attached hydrogen (secondary N) is 1. The number of halogens is 1. The van der Waals surface area contributed by atoms with Gasteiger partial charge in [0.15, 0.2) is 0 Å². The first-order valence-electron chi connectivity index (χ1n) is 5.51. The largest absolute Gasteiger partial charge is 0.334 e. The molecule has 0 bridgehead atoms. The lowest BCUT2D eigenvalue weighted by atomic mass is 10.3. The Morgan fingerprint density at radius 3 is 2.85 bits per heavy atom. The maximum atomic E-state index is 12.2. The van der Waals surface area contributed by atoms with E-state index in [9.17, 15) is 14.9 Å². The van der Waals surface area contributed by atoms with Crippen molar-refractivity contribution in [2.24, 2.45) is 7.05 Å². The number of aromatic amines is 1. The molecule has 1 amide bonds. The first-order chi connectivity index (χ1) is 9.41. The van der Waals surface area contributed by atoms with Gasteiger partial charge in [-0.15, -0.1) is 0 Å². The van der Waals surface area contributed by atoms with Crippen molar-refractivity contribution in [2.75, 3.05) is 7.05 Å². The number of hydrogen-bond acceptors (Lipinski definition) is 5. The first-order valence-corrected chi connectivity index (χ1v) is 6.30. The molecule has 2 aromatic heterocycles. The van der Waals surface area contributed by atoms with Crippen molar-refractivity contribution in [1.29, 1.82) is 0 Å². The van der Waals surface area contributed by atoms with Gasteiger partial charge in [-0.25, -0.2) is 0 Å². The Labute approximate surface area is 121 Å². The average Bonchev–Trinajstić information content (AvgIpc) is 2.99. The second-order valence-corrected chi connectivity index (χ2v) is 4.97. The molecule has 0 unspecified atom stereocenters. The second-order valence-electron chi connectivity index (χ2n) is 4.11. The number of aryl methyl sites for hydroxylation is 1. The van der Waals surface area contributed by atoms with E-state index in [0.717, 1.165) is 16.4 Å². The maximum absolute atomic E-state index is 12.2. The van der Waals surface area contributed by atoms with Crippen LogP contribution in [0.15, 0.2) is 16.9 Å². The predicted molar refractivity (Wildman–Crippen MR) is 71.9 cm³/mol. The van der Waals surface area contributed by atoms with Crippen molar-refractivity contribution >= 4 is 27.5 Å². The van der Waals surface area contributed by atoms with Crippen LogP contribution in [0.4, 0.5) is 5.69 Å². The number of carbonyl (C=O) groups is 1. The molecular formula is C10H11BrN6O3. The molecule has 0 radical (unpaired) electrons. The molecule has 0 aromatic carbocycles. The van der Waals surface area contributed by atoms with E-state index in [0.29, 0.717) is 0 Å². The minimum Gasteiger partial charge on any atom is -0.334 e. The SMILES string of the molecule is CN(Cc1c(Br)cnn1C)C(=O)c1[nH]ncc1[N+](=O)[O-]. The van der Waals surface area contributed by atoms with E-state index in [4.69, 9.17) is 0 Å². The molecule has 0 aliphatic carbocycles. The van der Waals surface area contributed by atoms with Crippen molar-refractivity contribution in [3.05, 3.63) is 38.4 Å². The van der Waals surface area contributed by atoms with Crippen molar-refractivity contribution in [3.8, 4) is 0 Å². The summed E-state index contributed by atoms with van der Waals surface area (Å²) in [4.78, 5) is 23.7. The van der Waals surface area contributed by atoms with Crippen LogP contribution in [0.25, 0.3) is 0 Å². The summed E-state index contributed by atoms with van der Waals surface area (Å²) in [5.41, 5.74) is 0.296. The normalized spacial score (nSPS) is 10.6. The lowest BCUT2D eigenvalue weighted by molar-refractivity contribution is -0.385. The highest BCUT2D eigenvalue weighted by molar-refractivity contribution is 9.10. The van der Waals surface area contributed by atoms with Crippen molar-refractivity contribution < 1.29 is 9.72 Å². The highest BCUT2D eigenvalue weighted by Crippen LogP contribution is 2.20. The average molecular weight is 343 g/mol. The maximum Gasteiger partial charge on any atom is 0.319 e. The molecule has 0 saturated heterocycles. The molecule has 0 spiro atoms. The number of H-pyrrole nitrogens is 1. The van der Waals surface area contributed by atoms with Crippen LogP contribution < -0.4 is 0 Å². The summed E-state index contributed by atoms with van der Waals surface area (Å²) in [6.45, 7) is 0.256. The molecule has 0 fully saturated rings. The van der Waals surface area contributed by atoms with Gasteiger partial charge in [-0.1, -0.05) is 0 Å². The zero-order valence-electron chi connectivity index (χ0n) is 10.7. The van der Waals surface area contributed by atoms with Gasteiger partial charge in [-0.05, 0) is 15.9 Å². The van der Waals surface area contributed by atoms with Gasteiger partial charge in [0.1, 0.15) is 6.20 Å². The topological polar surface area (TPSA) is 110 Å². The Hall–Kier alpha value is -2.23. The van der Waals surface area contributed by atoms with Gasteiger partial charge < -0.3 is 4.90 Å². The minimum absolute atomic E-state index is 0.143. The van der Waals surface area contributed by atoms with Crippen LogP contribution in [0.2, 0.25) is 0 Å². The van der Waals surface area contributed by atoms with E-state index in [1.807, 2.05) is 0 Å². The van der Waals surface area contributed by atoms with E-state index in [2.05, 4.69) is 31.2 Å². The Balaban J connectivity index is 2.21. The first kappa shape index (κ1) is 14.2. The molecule has 2 aromatic rings. The lowest BCUT2D eigenvalue weighted by Crippen LogP contribution is -2.28. The van der Waals surface area contributed by atoms with Crippen LogP contribution in [0.1, 0.15) is 16.2 Å². The second kappa shape index (κ2) is 5.41. The van der Waals surface area contributed by atoms with Crippen LogP contribution in [0.5, 0.6) is 0 Å². The Kier molecular flexibility index (Phi) is 3.84. The van der Waals surface area contributed by atoms with Crippen molar-refractivity contribution in [1.82, 2.24) is 24.9 Å². The number of aromatic nitrogens is 4. The van der Waals surface area contributed by atoms with Gasteiger partial charge in [-0.3, -0.25) is 24.7 Å². The number of hydrogen-bond donors (Lipinski definition) is 1. The standard InChI is InChI=1S/C10H11BrN6O3/c1-15(5-8-6(11)3-13-16(8)2)10(18)9-7(17(19)20)4-12-14-9/h3-4H,5H2,1-2H3,(H,12,14). The smallest absolute Gasteiger partial charge is 0.319 e. The highest BCUT2D eigenvalue weighted by Gasteiger charge is 2.26. The minimum atomic E-state index is -0.648. The van der Waals surface area contributed by atoms with Gasteiger partial charge in [0.2, 0.25) is 5.69 Å². The van der Waals surface area contributed by atoms with Gasteiger partial charge >= 0.3 is 5.69 Å². The van der Waals surface area contributed by atoms with Crippen LogP contribution in [0, 0.1) is 10.1 Å². The van der Waals surface area contributed by atoms with Crippen LogP contribution in [-0.2, 0) is 13.6 Å². The molecule has 0 aliphatic heterocycles. The predicted octanol–water partition coefficient (Wildman–Crippen LogP) is 1.09. The molecule has 1 N–H and O–H groups in total. The molecule has 106 valence electrons. The van der Waals surface area contributed by atoms with E-state index < -0.39 is 10.8 Å². The summed E-state index contributed by atoms with van der Waals surface area (Å²) in [6, 6.07) is 0. The zero-order valence-corrected chi connectivity index (χ0v) is 12.3. The number of nitrogens with zero attached hydrogens (tertiary/aromatic N) is 5. The summed E-state index contributed by atoms with van der Waals surface area (Å²) >= 11 is 3.33. The summed E-state index contributed by atoms with van der Waals surface area (Å²) in [5.74, 6) is -0.512. The van der Waals surface area contributed by atoms with Gasteiger partial charge in [0.25, 0.3) is 5.91 Å². The molecule has 2 heterocycles. The Morgan fingerprint density at radius 1 is 1.60 bits per heavy atom. The molecule has 2 rings (SSSR count). The van der Waals surface area contributed by atoms with E-state index in [1.54, 1.807) is 25.0 Å². The fourth-order valence-electron chi connectivity index (χ4n) is 1.68. The number of rotatable bonds is 4. The summed E-state index contributed by atoms with van der Waals surface area (Å²) in [5, 5.41) is 20.7. The number of carbonyl (C=O) groups excluding carboxylic acids is 1. The van der Waals surface area contributed by atoms with E-state index in [1.165, 1.54) is 4.90 Å². The van der Waals surface area contributed by atoms with Gasteiger partial charge in [-0.2, -0.15) is 10.2 Å². The molecule has 20 heavy (non-hydrogen) atoms. The zero-order chi connectivity index (χ0) is 14.9. The van der Waals surface area contributed by atoms with E-state index >= 15 is 0 Å². The lowest BCUT2D eigenvalue weighted by Gasteiger charge is -2.16. The molecule has 0 saturated carbocycles. The molecule has 0 aliphatic rings. The van der Waals surface area contributed by atoms with Gasteiger partial charge in [0.05, 0.1) is 27.8 Å². The van der Waals surface area contributed by atoms with Crippen molar-refractivity contribution in [3.63, 3.8) is 0 Å². The fourth-order valence-corrected chi connectivity index (χ4v) is 2.15. The quantitative estimate of drug-likeness (QED) is 0.660. The van der Waals surface area contributed by atoms with Crippen LogP contribution in [0.3, 0.4) is 0 Å². The van der Waals surface area contributed by atoms with Gasteiger partial charge in [0, 0.05) is 14.1 Å². The summed E-state index contributed by atoms with van der Waals surface area (Å²) < 4.78 is 2.38. The van der Waals surface area contributed by atoms with Crippen LogP contribution in [-0.4, -0.2) is 42.8 Å². The van der Waals surface area contributed by atoms with E-state index in [-0.39, 0.29) is 17.9 Å².